The molecule has 0 fully saturated rings. The van der Waals surface area contributed by atoms with Gasteiger partial charge < -0.3 is 36.8 Å². The second-order valence-corrected chi connectivity index (χ2v) is 11.5. The van der Waals surface area contributed by atoms with Gasteiger partial charge in [-0.25, -0.2) is 4.79 Å². The fraction of sp³-hybridized carbons (Fsp3) is 0.235. The quantitative estimate of drug-likeness (QED) is 0.111. The van der Waals surface area contributed by atoms with Crippen molar-refractivity contribution < 1.29 is 14.4 Å². The molecule has 0 saturated heterocycles. The van der Waals surface area contributed by atoms with E-state index in [4.69, 9.17) is 11.1 Å². The SMILES string of the molecule is C=CC(=O)Nc1ccc(C(=O)Nc2cccc(NC(=N)C3=C(N)C(C)(C)N(C(=O)N[C@H](CN(C)C)c4ccccc4)C3)c2)cc1. The number of hydrogen-bond donors (Lipinski definition) is 6. The van der Waals surface area contributed by atoms with Crippen molar-refractivity contribution in [1.29, 1.82) is 5.41 Å². The Morgan fingerprint density at radius 1 is 0.956 bits per heavy atom. The molecule has 3 aromatic carbocycles. The Bertz CT molecular complexity index is 1610. The maximum absolute atomic E-state index is 13.6. The van der Waals surface area contributed by atoms with E-state index < -0.39 is 5.54 Å². The van der Waals surface area contributed by atoms with E-state index >= 15 is 0 Å². The Morgan fingerprint density at radius 3 is 2.22 bits per heavy atom. The third-order valence-electron chi connectivity index (χ3n) is 7.56. The predicted octanol–water partition coefficient (Wildman–Crippen LogP) is 4.77. The number of benzene rings is 3. The molecule has 0 aliphatic carbocycles. The average Bonchev–Trinajstić information content (AvgIpc) is 3.25. The smallest absolute Gasteiger partial charge is 0.318 e. The van der Waals surface area contributed by atoms with Crippen molar-refractivity contribution in [2.45, 2.75) is 25.4 Å². The van der Waals surface area contributed by atoms with E-state index in [1.807, 2.05) is 63.2 Å². The van der Waals surface area contributed by atoms with Crippen molar-refractivity contribution in [3.05, 3.63) is 114 Å². The summed E-state index contributed by atoms with van der Waals surface area (Å²) in [5, 5.41) is 20.5. The van der Waals surface area contributed by atoms with Crippen LogP contribution in [0.4, 0.5) is 21.9 Å². The van der Waals surface area contributed by atoms with Crippen LogP contribution in [0.25, 0.3) is 0 Å². The van der Waals surface area contributed by atoms with Crippen LogP contribution in [-0.2, 0) is 4.79 Å². The van der Waals surface area contributed by atoms with Crippen molar-refractivity contribution in [3.63, 3.8) is 0 Å². The van der Waals surface area contributed by atoms with E-state index in [2.05, 4.69) is 27.8 Å². The van der Waals surface area contributed by atoms with Crippen LogP contribution in [0.1, 0.15) is 35.8 Å². The molecule has 234 valence electrons. The lowest BCUT2D eigenvalue weighted by molar-refractivity contribution is -0.111. The van der Waals surface area contributed by atoms with Crippen LogP contribution in [0.5, 0.6) is 0 Å². The number of carbonyl (C=O) groups excluding carboxylic acids is 3. The minimum absolute atomic E-state index is 0.0596. The van der Waals surface area contributed by atoms with E-state index in [9.17, 15) is 14.4 Å². The zero-order valence-electron chi connectivity index (χ0n) is 26.0. The highest BCUT2D eigenvalue weighted by molar-refractivity contribution is 6.09. The molecule has 0 aromatic heterocycles. The van der Waals surface area contributed by atoms with Crippen molar-refractivity contribution in [2.24, 2.45) is 5.73 Å². The van der Waals surface area contributed by atoms with Crippen molar-refractivity contribution in [1.82, 2.24) is 15.1 Å². The molecule has 0 bridgehead atoms. The van der Waals surface area contributed by atoms with Gasteiger partial charge in [-0.15, -0.1) is 0 Å². The van der Waals surface area contributed by atoms with Gasteiger partial charge in [0, 0.05) is 40.4 Å². The zero-order valence-corrected chi connectivity index (χ0v) is 26.0. The summed E-state index contributed by atoms with van der Waals surface area (Å²) in [5.74, 6) is -0.615. The van der Waals surface area contributed by atoms with Gasteiger partial charge in [0.15, 0.2) is 0 Å². The maximum Gasteiger partial charge on any atom is 0.318 e. The number of anilines is 3. The van der Waals surface area contributed by atoms with E-state index in [1.165, 1.54) is 6.08 Å². The first kappa shape index (κ1) is 32.5. The molecule has 11 nitrogen and oxygen atoms in total. The lowest BCUT2D eigenvalue weighted by Crippen LogP contribution is -2.52. The van der Waals surface area contributed by atoms with Crippen molar-refractivity contribution in [3.8, 4) is 0 Å². The number of likely N-dealkylation sites (N-methyl/N-ethyl adjacent to an activating group) is 1. The minimum atomic E-state index is -0.827. The lowest BCUT2D eigenvalue weighted by atomic mass is 10.00. The molecule has 1 aliphatic rings. The molecule has 4 rings (SSSR count). The van der Waals surface area contributed by atoms with Gasteiger partial charge in [-0.1, -0.05) is 43.0 Å². The molecule has 45 heavy (non-hydrogen) atoms. The summed E-state index contributed by atoms with van der Waals surface area (Å²) in [6, 6.07) is 22.7. The fourth-order valence-electron chi connectivity index (χ4n) is 5.00. The Kier molecular flexibility index (Phi) is 10.0. The van der Waals surface area contributed by atoms with Crippen LogP contribution in [0.2, 0.25) is 0 Å². The number of urea groups is 1. The first-order chi connectivity index (χ1) is 21.4. The molecule has 3 aromatic rings. The summed E-state index contributed by atoms with van der Waals surface area (Å²) >= 11 is 0. The Labute approximate surface area is 263 Å². The Balaban J connectivity index is 1.42. The first-order valence-electron chi connectivity index (χ1n) is 14.5. The largest absolute Gasteiger partial charge is 0.400 e. The number of nitrogens with zero attached hydrogens (tertiary/aromatic N) is 2. The van der Waals surface area contributed by atoms with Gasteiger partial charge in [0.25, 0.3) is 5.91 Å². The van der Waals surface area contributed by atoms with E-state index in [0.29, 0.717) is 40.4 Å². The van der Waals surface area contributed by atoms with Gasteiger partial charge in [0.1, 0.15) is 5.84 Å². The third kappa shape index (κ3) is 7.95. The summed E-state index contributed by atoms with van der Waals surface area (Å²) in [5.41, 5.74) is 9.69. The molecule has 11 heteroatoms. The van der Waals surface area contributed by atoms with Crippen LogP contribution in [0.15, 0.2) is 103 Å². The van der Waals surface area contributed by atoms with Gasteiger partial charge in [-0.05, 0) is 82.0 Å². The predicted molar refractivity (Wildman–Crippen MR) is 179 cm³/mol. The van der Waals surface area contributed by atoms with E-state index in [1.54, 1.807) is 53.4 Å². The minimum Gasteiger partial charge on any atom is -0.400 e. The first-order valence-corrected chi connectivity index (χ1v) is 14.5. The number of hydrogen-bond acceptors (Lipinski definition) is 6. The fourth-order valence-corrected chi connectivity index (χ4v) is 5.00. The van der Waals surface area contributed by atoms with Gasteiger partial charge in [0.2, 0.25) is 5.91 Å². The van der Waals surface area contributed by atoms with Gasteiger partial charge >= 0.3 is 6.03 Å². The van der Waals surface area contributed by atoms with Gasteiger partial charge in [-0.3, -0.25) is 15.0 Å². The maximum atomic E-state index is 13.6. The molecule has 4 amide bonds. The van der Waals surface area contributed by atoms with Crippen LogP contribution in [-0.4, -0.2) is 66.2 Å². The van der Waals surface area contributed by atoms with Crippen LogP contribution in [0.3, 0.4) is 0 Å². The summed E-state index contributed by atoms with van der Waals surface area (Å²) in [7, 11) is 3.91. The molecule has 0 spiro atoms. The monoisotopic (exact) mass is 608 g/mol. The highest BCUT2D eigenvalue weighted by atomic mass is 16.2. The molecular weight excluding hydrogens is 568 g/mol. The standard InChI is InChI=1S/C34H40N8O3/c1-6-29(43)37-24-17-15-23(16-18-24)32(44)39-26-14-10-13-25(19-26)38-31(36)27-20-42(34(2,3)30(27)35)33(45)40-28(21-41(4)5)22-11-8-7-9-12-22/h6-19,28H,1,20-21,35H2,2-5H3,(H2,36,38)(H,37,43)(H,39,44)(H,40,45)/t28-/m1/s1. The summed E-state index contributed by atoms with van der Waals surface area (Å²) in [6.45, 7) is 7.91. The molecule has 1 aliphatic heterocycles. The number of rotatable bonds is 10. The average molecular weight is 609 g/mol. The molecule has 1 atom stereocenters. The second-order valence-electron chi connectivity index (χ2n) is 11.5. The van der Waals surface area contributed by atoms with Crippen molar-refractivity contribution in [2.75, 3.05) is 43.1 Å². The Morgan fingerprint density at radius 2 is 1.60 bits per heavy atom. The van der Waals surface area contributed by atoms with Crippen LogP contribution in [0, 0.1) is 5.41 Å². The van der Waals surface area contributed by atoms with Crippen LogP contribution >= 0.6 is 0 Å². The third-order valence-corrected chi connectivity index (χ3v) is 7.56. The highest BCUT2D eigenvalue weighted by Gasteiger charge is 2.43. The summed E-state index contributed by atoms with van der Waals surface area (Å²) in [4.78, 5) is 41.6. The number of carbonyl (C=O) groups is 3. The molecule has 0 unspecified atom stereocenters. The lowest BCUT2D eigenvalue weighted by Gasteiger charge is -2.35. The number of amides is 4. The van der Waals surface area contributed by atoms with E-state index in [0.717, 1.165) is 5.56 Å². The Hall–Kier alpha value is -5.42. The molecule has 0 saturated carbocycles. The number of nitrogens with two attached hydrogens (primary N) is 1. The molecular formula is C34H40N8O3. The normalized spacial score (nSPS) is 14.5. The molecule has 7 N–H and O–H groups in total. The van der Waals surface area contributed by atoms with E-state index in [-0.39, 0.29) is 36.3 Å². The van der Waals surface area contributed by atoms with Crippen molar-refractivity contribution >= 4 is 40.7 Å². The highest BCUT2D eigenvalue weighted by Crippen LogP contribution is 2.32. The summed E-state index contributed by atoms with van der Waals surface area (Å²) < 4.78 is 0. The van der Waals surface area contributed by atoms with Gasteiger partial charge in [0.05, 0.1) is 18.1 Å². The number of amidine groups is 1. The second kappa shape index (κ2) is 13.9. The topological polar surface area (TPSA) is 156 Å². The van der Waals surface area contributed by atoms with Gasteiger partial charge in [-0.2, -0.15) is 0 Å². The molecule has 1 heterocycles. The van der Waals surface area contributed by atoms with Crippen LogP contribution < -0.4 is 27.0 Å². The zero-order chi connectivity index (χ0) is 32.7. The number of nitrogens with one attached hydrogen (secondary N) is 5. The summed E-state index contributed by atoms with van der Waals surface area (Å²) in [6.07, 6.45) is 1.17. The molecule has 0 radical (unpaired) electrons.